The van der Waals surface area contributed by atoms with Crippen molar-refractivity contribution in [1.29, 1.82) is 0 Å². The number of halogens is 2. The van der Waals surface area contributed by atoms with E-state index in [1.165, 1.54) is 12.1 Å². The largest absolute Gasteiger partial charge is 0.338 e. The van der Waals surface area contributed by atoms with Crippen molar-refractivity contribution in [2.45, 2.75) is 25.3 Å². The van der Waals surface area contributed by atoms with Crippen LogP contribution in [0.5, 0.6) is 0 Å². The van der Waals surface area contributed by atoms with Gasteiger partial charge in [0.05, 0.1) is 5.02 Å². The monoisotopic (exact) mass is 378 g/mol. The fourth-order valence-electron chi connectivity index (χ4n) is 3.36. The standard InChI is InChI=1S/C19H24ClFN4O/c1-23(2)10-11-24-9-7-22-18(24)15-4-3-8-25(13-15)19(26)14-5-6-16(20)17(21)12-14/h5-7,9,12,15H,3-4,8,10-11,13H2,1-2H3/t15-/m0/s1. The van der Waals surface area contributed by atoms with Crippen LogP contribution in [0.25, 0.3) is 0 Å². The lowest BCUT2D eigenvalue weighted by Crippen LogP contribution is -2.40. The molecule has 1 aromatic carbocycles. The first-order valence-electron chi connectivity index (χ1n) is 8.86. The molecule has 0 saturated carbocycles. The number of aromatic nitrogens is 2. The number of rotatable bonds is 5. The highest BCUT2D eigenvalue weighted by Gasteiger charge is 2.28. The average Bonchev–Trinajstić information content (AvgIpc) is 3.10. The van der Waals surface area contributed by atoms with Gasteiger partial charge in [0.1, 0.15) is 11.6 Å². The van der Waals surface area contributed by atoms with Crippen LogP contribution in [0.3, 0.4) is 0 Å². The van der Waals surface area contributed by atoms with Gasteiger partial charge in [-0.25, -0.2) is 9.37 Å². The van der Waals surface area contributed by atoms with Crippen LogP contribution in [-0.2, 0) is 6.54 Å². The zero-order valence-corrected chi connectivity index (χ0v) is 15.9. The first kappa shape index (κ1) is 18.9. The van der Waals surface area contributed by atoms with E-state index in [0.717, 1.165) is 31.8 Å². The molecular formula is C19H24ClFN4O. The molecule has 0 spiro atoms. The number of amides is 1. The molecule has 26 heavy (non-hydrogen) atoms. The summed E-state index contributed by atoms with van der Waals surface area (Å²) in [5.41, 5.74) is 0.337. The third-order valence-electron chi connectivity index (χ3n) is 4.78. The molecule has 1 aliphatic rings. The maximum Gasteiger partial charge on any atom is 0.253 e. The summed E-state index contributed by atoms with van der Waals surface area (Å²) in [4.78, 5) is 21.2. The highest BCUT2D eigenvalue weighted by Crippen LogP contribution is 2.27. The van der Waals surface area contributed by atoms with Crippen molar-refractivity contribution >= 4 is 17.5 Å². The molecule has 0 unspecified atom stereocenters. The Hall–Kier alpha value is -1.92. The molecule has 1 saturated heterocycles. The molecule has 0 bridgehead atoms. The van der Waals surface area contributed by atoms with Gasteiger partial charge in [0.25, 0.3) is 5.91 Å². The molecule has 140 valence electrons. The maximum atomic E-state index is 13.7. The van der Waals surface area contributed by atoms with Crippen LogP contribution < -0.4 is 0 Å². The second-order valence-corrected chi connectivity index (χ2v) is 7.41. The number of benzene rings is 1. The van der Waals surface area contributed by atoms with E-state index in [2.05, 4.69) is 14.5 Å². The van der Waals surface area contributed by atoms with E-state index in [1.54, 1.807) is 11.0 Å². The van der Waals surface area contributed by atoms with E-state index in [4.69, 9.17) is 11.6 Å². The highest BCUT2D eigenvalue weighted by atomic mass is 35.5. The first-order valence-corrected chi connectivity index (χ1v) is 9.23. The number of carbonyl (C=O) groups excluding carboxylic acids is 1. The van der Waals surface area contributed by atoms with Gasteiger partial charge in [-0.1, -0.05) is 11.6 Å². The lowest BCUT2D eigenvalue weighted by molar-refractivity contribution is 0.0702. The molecule has 2 aromatic rings. The third-order valence-corrected chi connectivity index (χ3v) is 5.08. The summed E-state index contributed by atoms with van der Waals surface area (Å²) in [5, 5.41) is 0.0287. The van der Waals surface area contributed by atoms with Crippen molar-refractivity contribution in [1.82, 2.24) is 19.4 Å². The average molecular weight is 379 g/mol. The molecule has 1 amide bonds. The Bertz CT molecular complexity index is 777. The van der Waals surface area contributed by atoms with Gasteiger partial charge in [0.2, 0.25) is 0 Å². The molecule has 1 aliphatic heterocycles. The van der Waals surface area contributed by atoms with Crippen molar-refractivity contribution in [2.24, 2.45) is 0 Å². The fourth-order valence-corrected chi connectivity index (χ4v) is 3.48. The first-order chi connectivity index (χ1) is 12.5. The van der Waals surface area contributed by atoms with Crippen molar-refractivity contribution in [2.75, 3.05) is 33.7 Å². The van der Waals surface area contributed by atoms with Gasteiger partial charge >= 0.3 is 0 Å². The Kier molecular flexibility index (Phi) is 5.94. The SMILES string of the molecule is CN(C)CCn1ccnc1[C@H]1CCCN(C(=O)c2ccc(Cl)c(F)c2)C1. The summed E-state index contributed by atoms with van der Waals surface area (Å²) in [6.45, 7) is 3.08. The zero-order chi connectivity index (χ0) is 18.7. The summed E-state index contributed by atoms with van der Waals surface area (Å²) < 4.78 is 15.9. The van der Waals surface area contributed by atoms with Crippen molar-refractivity contribution < 1.29 is 9.18 Å². The Balaban J connectivity index is 1.72. The van der Waals surface area contributed by atoms with E-state index in [-0.39, 0.29) is 16.8 Å². The summed E-state index contributed by atoms with van der Waals surface area (Å²) in [6, 6.07) is 4.22. The molecule has 7 heteroatoms. The maximum absolute atomic E-state index is 13.7. The smallest absolute Gasteiger partial charge is 0.253 e. The van der Waals surface area contributed by atoms with Crippen LogP contribution in [0.1, 0.15) is 34.9 Å². The van der Waals surface area contributed by atoms with Crippen LogP contribution in [0.4, 0.5) is 4.39 Å². The number of nitrogens with zero attached hydrogens (tertiary/aromatic N) is 4. The molecule has 5 nitrogen and oxygen atoms in total. The third kappa shape index (κ3) is 4.24. The predicted molar refractivity (Wildman–Crippen MR) is 100 cm³/mol. The fraction of sp³-hybridized carbons (Fsp3) is 0.474. The van der Waals surface area contributed by atoms with Crippen LogP contribution >= 0.6 is 11.6 Å². The summed E-state index contributed by atoms with van der Waals surface area (Å²) in [6.07, 6.45) is 5.72. The van der Waals surface area contributed by atoms with E-state index < -0.39 is 5.82 Å². The van der Waals surface area contributed by atoms with Gasteiger partial charge in [0, 0.05) is 50.1 Å². The second kappa shape index (κ2) is 8.18. The second-order valence-electron chi connectivity index (χ2n) is 7.00. The number of likely N-dealkylation sites (tertiary alicyclic amines) is 1. The number of piperidine rings is 1. The Labute approximate surface area is 158 Å². The Morgan fingerprint density at radius 2 is 2.23 bits per heavy atom. The highest BCUT2D eigenvalue weighted by molar-refractivity contribution is 6.30. The van der Waals surface area contributed by atoms with Gasteiger partial charge in [-0.05, 0) is 45.1 Å². The Morgan fingerprint density at radius 1 is 1.42 bits per heavy atom. The summed E-state index contributed by atoms with van der Waals surface area (Å²) in [7, 11) is 4.09. The predicted octanol–water partition coefficient (Wildman–Crippen LogP) is 3.26. The van der Waals surface area contributed by atoms with Crippen molar-refractivity contribution in [3.05, 3.63) is 52.8 Å². The van der Waals surface area contributed by atoms with Crippen LogP contribution in [0.15, 0.2) is 30.6 Å². The zero-order valence-electron chi connectivity index (χ0n) is 15.2. The minimum atomic E-state index is -0.565. The normalized spacial score (nSPS) is 17.7. The van der Waals surface area contributed by atoms with Gasteiger partial charge in [-0.2, -0.15) is 0 Å². The molecular weight excluding hydrogens is 355 g/mol. The molecule has 1 fully saturated rings. The minimum absolute atomic E-state index is 0.0287. The topological polar surface area (TPSA) is 41.4 Å². The number of likely N-dealkylation sites (N-methyl/N-ethyl adjacent to an activating group) is 1. The lowest BCUT2D eigenvalue weighted by atomic mass is 9.96. The molecule has 1 atom stereocenters. The summed E-state index contributed by atoms with van der Waals surface area (Å²) >= 11 is 5.72. The molecule has 1 aromatic heterocycles. The number of carbonyl (C=O) groups is 1. The quantitative estimate of drug-likeness (QED) is 0.802. The number of imidazole rings is 1. The molecule has 0 radical (unpaired) electrons. The van der Waals surface area contributed by atoms with E-state index in [9.17, 15) is 9.18 Å². The van der Waals surface area contributed by atoms with Gasteiger partial charge in [0.15, 0.2) is 0 Å². The van der Waals surface area contributed by atoms with E-state index in [0.29, 0.717) is 18.7 Å². The lowest BCUT2D eigenvalue weighted by Gasteiger charge is -2.33. The molecule has 2 heterocycles. The van der Waals surface area contributed by atoms with Crippen LogP contribution in [-0.4, -0.2) is 59.0 Å². The molecule has 3 rings (SSSR count). The number of hydrogen-bond acceptors (Lipinski definition) is 3. The molecule has 0 aliphatic carbocycles. The van der Waals surface area contributed by atoms with Gasteiger partial charge in [-0.3, -0.25) is 4.79 Å². The van der Waals surface area contributed by atoms with E-state index >= 15 is 0 Å². The van der Waals surface area contributed by atoms with Gasteiger partial charge in [-0.15, -0.1) is 0 Å². The molecule has 0 N–H and O–H groups in total. The van der Waals surface area contributed by atoms with Crippen molar-refractivity contribution in [3.63, 3.8) is 0 Å². The minimum Gasteiger partial charge on any atom is -0.338 e. The Morgan fingerprint density at radius 3 is 2.96 bits per heavy atom. The van der Waals surface area contributed by atoms with E-state index in [1.807, 2.05) is 26.5 Å². The van der Waals surface area contributed by atoms with Gasteiger partial charge < -0.3 is 14.4 Å². The van der Waals surface area contributed by atoms with Crippen LogP contribution in [0, 0.1) is 5.82 Å². The summed E-state index contributed by atoms with van der Waals surface area (Å²) in [5.74, 6) is 0.496. The van der Waals surface area contributed by atoms with Crippen LogP contribution in [0.2, 0.25) is 5.02 Å². The van der Waals surface area contributed by atoms with Crippen molar-refractivity contribution in [3.8, 4) is 0 Å². The number of hydrogen-bond donors (Lipinski definition) is 0.